The summed E-state index contributed by atoms with van der Waals surface area (Å²) >= 11 is 3.11. The van der Waals surface area contributed by atoms with Crippen LogP contribution in [0.1, 0.15) is 36.0 Å². The SMILES string of the molecule is COc1ccc([N+](=O)[O-])cc1NC(=O)C(C)Sc1nc(C)nc2sc3c(c12)CCCC3. The van der Waals surface area contributed by atoms with Crippen molar-refractivity contribution >= 4 is 50.6 Å². The number of ether oxygens (including phenoxy) is 1. The Balaban J connectivity index is 1.60. The van der Waals surface area contributed by atoms with Crippen molar-refractivity contribution < 1.29 is 14.5 Å². The van der Waals surface area contributed by atoms with Crippen molar-refractivity contribution in [1.29, 1.82) is 0 Å². The van der Waals surface area contributed by atoms with Gasteiger partial charge in [0.05, 0.1) is 23.0 Å². The van der Waals surface area contributed by atoms with E-state index >= 15 is 0 Å². The second-order valence-corrected chi connectivity index (χ2v) is 9.77. The first-order valence-electron chi connectivity index (χ1n) is 9.96. The van der Waals surface area contributed by atoms with Crippen LogP contribution < -0.4 is 10.1 Å². The molecule has 2 aromatic heterocycles. The number of aromatic nitrogens is 2. The Morgan fingerprint density at radius 1 is 1.32 bits per heavy atom. The standard InChI is InChI=1S/C21H22N4O4S2/c1-11(19(26)24-15-10-13(25(27)28)8-9-16(15)29-3)30-20-18-14-6-4-5-7-17(14)31-21(18)23-12(2)22-20/h8-11H,4-7H2,1-3H3,(H,24,26). The van der Waals surface area contributed by atoms with Crippen molar-refractivity contribution in [1.82, 2.24) is 9.97 Å². The molecule has 10 heteroatoms. The minimum absolute atomic E-state index is 0.116. The first-order chi connectivity index (χ1) is 14.9. The summed E-state index contributed by atoms with van der Waals surface area (Å²) in [4.78, 5) is 35.1. The molecular formula is C21H22N4O4S2. The molecule has 1 N–H and O–H groups in total. The second-order valence-electron chi connectivity index (χ2n) is 7.36. The number of methoxy groups -OCH3 is 1. The summed E-state index contributed by atoms with van der Waals surface area (Å²) in [5.74, 6) is 0.766. The Morgan fingerprint density at radius 3 is 2.84 bits per heavy atom. The summed E-state index contributed by atoms with van der Waals surface area (Å²) in [5, 5.41) is 15.3. The maximum atomic E-state index is 12.9. The predicted octanol–water partition coefficient (Wildman–Crippen LogP) is 4.91. The molecule has 1 atom stereocenters. The normalized spacial score (nSPS) is 14.2. The first kappa shape index (κ1) is 21.5. The van der Waals surface area contributed by atoms with Crippen LogP contribution in [-0.4, -0.2) is 33.2 Å². The van der Waals surface area contributed by atoms with Crippen LogP contribution in [0.15, 0.2) is 23.2 Å². The van der Waals surface area contributed by atoms with Crippen molar-refractivity contribution in [3.63, 3.8) is 0 Å². The number of benzene rings is 1. The third kappa shape index (κ3) is 4.35. The van der Waals surface area contributed by atoms with Gasteiger partial charge in [-0.2, -0.15) is 0 Å². The number of aryl methyl sites for hydroxylation is 3. The summed E-state index contributed by atoms with van der Waals surface area (Å²) in [6.07, 6.45) is 4.43. The largest absolute Gasteiger partial charge is 0.495 e. The summed E-state index contributed by atoms with van der Waals surface area (Å²) in [6.45, 7) is 3.66. The number of thioether (sulfide) groups is 1. The number of anilines is 1. The van der Waals surface area contributed by atoms with E-state index in [1.807, 2.05) is 6.92 Å². The zero-order valence-corrected chi connectivity index (χ0v) is 19.1. The molecule has 1 aromatic carbocycles. The molecule has 0 bridgehead atoms. The van der Waals surface area contributed by atoms with Gasteiger partial charge < -0.3 is 10.1 Å². The molecule has 4 rings (SSSR count). The molecule has 0 fully saturated rings. The van der Waals surface area contributed by atoms with Crippen LogP contribution in [0.5, 0.6) is 5.75 Å². The molecular weight excluding hydrogens is 436 g/mol. The van der Waals surface area contributed by atoms with Gasteiger partial charge in [-0.15, -0.1) is 11.3 Å². The Labute approximate surface area is 187 Å². The highest BCUT2D eigenvalue weighted by atomic mass is 32.2. The average molecular weight is 459 g/mol. The lowest BCUT2D eigenvalue weighted by atomic mass is 9.97. The quantitative estimate of drug-likeness (QED) is 0.242. The van der Waals surface area contributed by atoms with Gasteiger partial charge in [0.25, 0.3) is 5.69 Å². The lowest BCUT2D eigenvalue weighted by Crippen LogP contribution is -2.23. The lowest BCUT2D eigenvalue weighted by molar-refractivity contribution is -0.384. The Kier molecular flexibility index (Phi) is 6.10. The number of hydrogen-bond acceptors (Lipinski definition) is 8. The average Bonchev–Trinajstić information content (AvgIpc) is 3.11. The van der Waals surface area contributed by atoms with Crippen LogP contribution in [-0.2, 0) is 17.6 Å². The third-order valence-electron chi connectivity index (χ3n) is 5.20. The van der Waals surface area contributed by atoms with E-state index in [-0.39, 0.29) is 17.3 Å². The molecule has 1 amide bonds. The Bertz CT molecular complexity index is 1180. The van der Waals surface area contributed by atoms with E-state index in [0.717, 1.165) is 34.5 Å². The van der Waals surface area contributed by atoms with E-state index in [0.29, 0.717) is 11.6 Å². The molecule has 8 nitrogen and oxygen atoms in total. The highest BCUT2D eigenvalue weighted by Gasteiger charge is 2.24. The number of nitrogens with zero attached hydrogens (tertiary/aromatic N) is 3. The Morgan fingerprint density at radius 2 is 2.10 bits per heavy atom. The second kappa shape index (κ2) is 8.80. The van der Waals surface area contributed by atoms with Gasteiger partial charge in [-0.3, -0.25) is 14.9 Å². The van der Waals surface area contributed by atoms with Gasteiger partial charge in [0.2, 0.25) is 5.91 Å². The highest BCUT2D eigenvalue weighted by Crippen LogP contribution is 2.41. The molecule has 31 heavy (non-hydrogen) atoms. The van der Waals surface area contributed by atoms with Crippen LogP contribution in [0.3, 0.4) is 0 Å². The van der Waals surface area contributed by atoms with E-state index in [9.17, 15) is 14.9 Å². The monoisotopic (exact) mass is 458 g/mol. The third-order valence-corrected chi connectivity index (χ3v) is 7.47. The van der Waals surface area contributed by atoms with E-state index in [1.54, 1.807) is 18.3 Å². The van der Waals surface area contributed by atoms with E-state index in [4.69, 9.17) is 4.74 Å². The van der Waals surface area contributed by atoms with Crippen molar-refractivity contribution in [2.75, 3.05) is 12.4 Å². The topological polar surface area (TPSA) is 107 Å². The Hall–Kier alpha value is -2.72. The van der Waals surface area contributed by atoms with E-state index in [1.165, 1.54) is 53.9 Å². The summed E-state index contributed by atoms with van der Waals surface area (Å²) in [6, 6.07) is 4.11. The summed E-state index contributed by atoms with van der Waals surface area (Å²) in [5.41, 5.74) is 1.47. The maximum Gasteiger partial charge on any atom is 0.271 e. The van der Waals surface area contributed by atoms with Gasteiger partial charge >= 0.3 is 0 Å². The number of nitrogens with one attached hydrogen (secondary N) is 1. The van der Waals surface area contributed by atoms with Crippen LogP contribution >= 0.6 is 23.1 Å². The van der Waals surface area contributed by atoms with E-state index in [2.05, 4.69) is 15.3 Å². The van der Waals surface area contributed by atoms with Crippen LogP contribution in [0.2, 0.25) is 0 Å². The van der Waals surface area contributed by atoms with Crippen molar-refractivity contribution in [2.24, 2.45) is 0 Å². The number of non-ortho nitro benzene ring substituents is 1. The number of thiophene rings is 1. The van der Waals surface area contributed by atoms with E-state index < -0.39 is 10.2 Å². The van der Waals surface area contributed by atoms with Gasteiger partial charge in [-0.05, 0) is 51.2 Å². The molecule has 1 aliphatic carbocycles. The lowest BCUT2D eigenvalue weighted by Gasteiger charge is -2.15. The van der Waals surface area contributed by atoms with Gasteiger partial charge in [-0.1, -0.05) is 11.8 Å². The van der Waals surface area contributed by atoms with Crippen molar-refractivity contribution in [2.45, 2.75) is 49.8 Å². The molecule has 0 saturated heterocycles. The highest BCUT2D eigenvalue weighted by molar-refractivity contribution is 8.00. The van der Waals surface area contributed by atoms with Gasteiger partial charge in [0, 0.05) is 22.4 Å². The van der Waals surface area contributed by atoms with Gasteiger partial charge in [-0.25, -0.2) is 9.97 Å². The number of nitro groups is 1. The molecule has 2 heterocycles. The van der Waals surface area contributed by atoms with Crippen LogP contribution in [0, 0.1) is 17.0 Å². The fourth-order valence-corrected chi connectivity index (χ4v) is 6.07. The molecule has 0 spiro atoms. The number of carbonyl (C=O) groups is 1. The van der Waals surface area contributed by atoms with Crippen LogP contribution in [0.4, 0.5) is 11.4 Å². The maximum absolute atomic E-state index is 12.9. The van der Waals surface area contributed by atoms with Gasteiger partial charge in [0.1, 0.15) is 21.4 Å². The number of rotatable bonds is 6. The fourth-order valence-electron chi connectivity index (χ4n) is 3.67. The molecule has 0 aliphatic heterocycles. The number of hydrogen-bond donors (Lipinski definition) is 1. The fraction of sp³-hybridized carbons (Fsp3) is 0.381. The summed E-state index contributed by atoms with van der Waals surface area (Å²) < 4.78 is 5.24. The molecule has 1 aliphatic rings. The molecule has 162 valence electrons. The molecule has 3 aromatic rings. The first-order valence-corrected chi connectivity index (χ1v) is 11.7. The summed E-state index contributed by atoms with van der Waals surface area (Å²) in [7, 11) is 1.45. The minimum atomic E-state index is -0.507. The number of carbonyl (C=O) groups excluding carboxylic acids is 1. The zero-order chi connectivity index (χ0) is 22.1. The number of amides is 1. The van der Waals surface area contributed by atoms with Crippen LogP contribution in [0.25, 0.3) is 10.2 Å². The molecule has 0 saturated carbocycles. The smallest absolute Gasteiger partial charge is 0.271 e. The number of fused-ring (bicyclic) bond motifs is 3. The van der Waals surface area contributed by atoms with Gasteiger partial charge in [0.15, 0.2) is 0 Å². The minimum Gasteiger partial charge on any atom is -0.495 e. The predicted molar refractivity (Wildman–Crippen MR) is 122 cm³/mol. The molecule has 0 radical (unpaired) electrons. The molecule has 1 unspecified atom stereocenters. The van der Waals surface area contributed by atoms with Crippen molar-refractivity contribution in [3.8, 4) is 5.75 Å². The number of nitro benzene ring substituents is 1. The zero-order valence-electron chi connectivity index (χ0n) is 17.4. The van der Waals surface area contributed by atoms with Crippen molar-refractivity contribution in [3.05, 3.63) is 44.6 Å².